The van der Waals surface area contributed by atoms with Crippen molar-refractivity contribution in [2.75, 3.05) is 5.32 Å². The van der Waals surface area contributed by atoms with Crippen LogP contribution in [0.3, 0.4) is 0 Å². The van der Waals surface area contributed by atoms with E-state index in [2.05, 4.69) is 57.4 Å². The smallest absolute Gasteiger partial charge is 0.127 e. The number of aromatic nitrogens is 1. The first-order chi connectivity index (χ1) is 7.74. The van der Waals surface area contributed by atoms with Gasteiger partial charge in [0.05, 0.1) is 0 Å². The van der Waals surface area contributed by atoms with Gasteiger partial charge >= 0.3 is 0 Å². The monoisotopic (exact) mass is 276 g/mol. The Morgan fingerprint density at radius 3 is 2.75 bits per heavy atom. The van der Waals surface area contributed by atoms with E-state index in [4.69, 9.17) is 0 Å². The molecule has 1 aromatic carbocycles. The van der Waals surface area contributed by atoms with Crippen LogP contribution in [-0.4, -0.2) is 4.98 Å². The molecule has 0 aliphatic carbocycles. The number of hydrogen-bond acceptors (Lipinski definition) is 2. The first-order valence-corrected chi connectivity index (χ1v) is 5.95. The standard InChI is InChI=1S/C13H13BrN2/c1-10-4-2-5-11(8-10)9-15-13-7-3-6-12(14)16-13/h2-8H,9H2,1H3,(H,15,16). The van der Waals surface area contributed by atoms with E-state index in [1.165, 1.54) is 11.1 Å². The van der Waals surface area contributed by atoms with E-state index in [1.807, 2.05) is 18.2 Å². The maximum absolute atomic E-state index is 4.32. The van der Waals surface area contributed by atoms with Crippen LogP contribution in [-0.2, 0) is 6.54 Å². The van der Waals surface area contributed by atoms with Crippen LogP contribution >= 0.6 is 15.9 Å². The Kier molecular flexibility index (Phi) is 3.57. The molecule has 82 valence electrons. The number of nitrogens with zero attached hydrogens (tertiary/aromatic N) is 1. The van der Waals surface area contributed by atoms with Gasteiger partial charge in [-0.15, -0.1) is 0 Å². The van der Waals surface area contributed by atoms with Gasteiger partial charge in [0, 0.05) is 6.54 Å². The average Bonchev–Trinajstić information content (AvgIpc) is 2.27. The third-order valence-electron chi connectivity index (χ3n) is 2.27. The topological polar surface area (TPSA) is 24.9 Å². The van der Waals surface area contributed by atoms with E-state index < -0.39 is 0 Å². The molecule has 0 aliphatic heterocycles. The van der Waals surface area contributed by atoms with Gasteiger partial charge in [-0.3, -0.25) is 0 Å². The summed E-state index contributed by atoms with van der Waals surface area (Å²) < 4.78 is 0.849. The minimum absolute atomic E-state index is 0.797. The average molecular weight is 277 g/mol. The van der Waals surface area contributed by atoms with Gasteiger partial charge in [0.25, 0.3) is 0 Å². The molecule has 0 saturated carbocycles. The van der Waals surface area contributed by atoms with Gasteiger partial charge in [0.1, 0.15) is 10.4 Å². The summed E-state index contributed by atoms with van der Waals surface area (Å²) in [5, 5.41) is 3.29. The number of benzene rings is 1. The highest BCUT2D eigenvalue weighted by Gasteiger charge is 1.96. The van der Waals surface area contributed by atoms with Crippen molar-refractivity contribution in [3.8, 4) is 0 Å². The number of rotatable bonds is 3. The van der Waals surface area contributed by atoms with Crippen LogP contribution < -0.4 is 5.32 Å². The first-order valence-electron chi connectivity index (χ1n) is 5.16. The van der Waals surface area contributed by atoms with Crippen molar-refractivity contribution in [2.45, 2.75) is 13.5 Å². The lowest BCUT2D eigenvalue weighted by Gasteiger charge is -2.06. The highest BCUT2D eigenvalue weighted by Crippen LogP contribution is 2.11. The summed E-state index contributed by atoms with van der Waals surface area (Å²) in [6.45, 7) is 2.89. The van der Waals surface area contributed by atoms with Crippen LogP contribution in [0.5, 0.6) is 0 Å². The SMILES string of the molecule is Cc1cccc(CNc2cccc(Br)n2)c1. The van der Waals surface area contributed by atoms with Crippen LogP contribution in [0.1, 0.15) is 11.1 Å². The van der Waals surface area contributed by atoms with E-state index in [1.54, 1.807) is 0 Å². The van der Waals surface area contributed by atoms with Gasteiger partial charge in [0.15, 0.2) is 0 Å². The van der Waals surface area contributed by atoms with Crippen molar-refractivity contribution < 1.29 is 0 Å². The van der Waals surface area contributed by atoms with Gasteiger partial charge in [-0.05, 0) is 40.5 Å². The maximum atomic E-state index is 4.32. The Hall–Kier alpha value is -1.35. The molecule has 0 aliphatic rings. The molecule has 1 aromatic heterocycles. The van der Waals surface area contributed by atoms with Crippen LogP contribution in [0.15, 0.2) is 47.1 Å². The number of hydrogen-bond donors (Lipinski definition) is 1. The lowest BCUT2D eigenvalue weighted by atomic mass is 10.1. The predicted octanol–water partition coefficient (Wildman–Crippen LogP) is 3.76. The number of halogens is 1. The maximum Gasteiger partial charge on any atom is 0.127 e. The van der Waals surface area contributed by atoms with Crippen LogP contribution in [0, 0.1) is 6.92 Å². The summed E-state index contributed by atoms with van der Waals surface area (Å²) in [5.74, 6) is 0.885. The normalized spacial score (nSPS) is 10.1. The molecular weight excluding hydrogens is 264 g/mol. The van der Waals surface area contributed by atoms with Gasteiger partial charge in [-0.1, -0.05) is 35.9 Å². The van der Waals surface area contributed by atoms with E-state index in [0.29, 0.717) is 0 Å². The Morgan fingerprint density at radius 1 is 1.19 bits per heavy atom. The van der Waals surface area contributed by atoms with Gasteiger partial charge in [-0.2, -0.15) is 0 Å². The predicted molar refractivity (Wildman–Crippen MR) is 70.4 cm³/mol. The molecule has 0 atom stereocenters. The molecule has 1 heterocycles. The Morgan fingerprint density at radius 2 is 2.00 bits per heavy atom. The van der Waals surface area contributed by atoms with Crippen LogP contribution in [0.4, 0.5) is 5.82 Å². The number of anilines is 1. The first kappa shape index (κ1) is 11.1. The quantitative estimate of drug-likeness (QED) is 0.864. The Bertz CT molecular complexity index is 437. The fourth-order valence-corrected chi connectivity index (χ4v) is 1.87. The van der Waals surface area contributed by atoms with E-state index in [9.17, 15) is 0 Å². The molecule has 0 saturated heterocycles. The van der Waals surface area contributed by atoms with Gasteiger partial charge < -0.3 is 5.32 Å². The summed E-state index contributed by atoms with van der Waals surface area (Å²) in [4.78, 5) is 4.32. The third-order valence-corrected chi connectivity index (χ3v) is 2.71. The molecule has 0 fully saturated rings. The van der Waals surface area contributed by atoms with E-state index in [-0.39, 0.29) is 0 Å². The zero-order chi connectivity index (χ0) is 11.4. The molecular formula is C13H13BrN2. The zero-order valence-corrected chi connectivity index (χ0v) is 10.7. The minimum Gasteiger partial charge on any atom is -0.366 e. The highest BCUT2D eigenvalue weighted by atomic mass is 79.9. The fraction of sp³-hybridized carbons (Fsp3) is 0.154. The molecule has 0 bridgehead atoms. The second-order valence-corrected chi connectivity index (χ2v) is 4.50. The lowest BCUT2D eigenvalue weighted by molar-refractivity contribution is 1.10. The molecule has 1 N–H and O–H groups in total. The molecule has 2 nitrogen and oxygen atoms in total. The van der Waals surface area contributed by atoms with Crippen molar-refractivity contribution in [3.05, 3.63) is 58.2 Å². The van der Waals surface area contributed by atoms with Crippen LogP contribution in [0.25, 0.3) is 0 Å². The van der Waals surface area contributed by atoms with Gasteiger partial charge in [-0.25, -0.2) is 4.98 Å². The summed E-state index contributed by atoms with van der Waals surface area (Å²) in [5.41, 5.74) is 2.54. The zero-order valence-electron chi connectivity index (χ0n) is 9.07. The van der Waals surface area contributed by atoms with E-state index >= 15 is 0 Å². The largest absolute Gasteiger partial charge is 0.366 e. The molecule has 0 unspecified atom stereocenters. The van der Waals surface area contributed by atoms with Crippen molar-refractivity contribution in [1.82, 2.24) is 4.98 Å². The summed E-state index contributed by atoms with van der Waals surface area (Å²) in [7, 11) is 0. The minimum atomic E-state index is 0.797. The van der Waals surface area contributed by atoms with Crippen molar-refractivity contribution in [3.63, 3.8) is 0 Å². The molecule has 2 aromatic rings. The molecule has 0 amide bonds. The third kappa shape index (κ3) is 3.07. The number of aryl methyl sites for hydroxylation is 1. The molecule has 2 rings (SSSR count). The van der Waals surface area contributed by atoms with E-state index in [0.717, 1.165) is 17.0 Å². The van der Waals surface area contributed by atoms with Crippen molar-refractivity contribution >= 4 is 21.7 Å². The Labute approximate surface area is 104 Å². The fourth-order valence-electron chi connectivity index (χ4n) is 1.52. The number of pyridine rings is 1. The molecule has 16 heavy (non-hydrogen) atoms. The van der Waals surface area contributed by atoms with Gasteiger partial charge in [0.2, 0.25) is 0 Å². The molecule has 3 heteroatoms. The molecule has 0 radical (unpaired) electrons. The summed E-state index contributed by atoms with van der Waals surface area (Å²) in [6, 6.07) is 14.3. The highest BCUT2D eigenvalue weighted by molar-refractivity contribution is 9.10. The number of nitrogens with one attached hydrogen (secondary N) is 1. The van der Waals surface area contributed by atoms with Crippen molar-refractivity contribution in [2.24, 2.45) is 0 Å². The summed E-state index contributed by atoms with van der Waals surface area (Å²) in [6.07, 6.45) is 0. The molecule has 0 spiro atoms. The second kappa shape index (κ2) is 5.12. The van der Waals surface area contributed by atoms with Crippen molar-refractivity contribution in [1.29, 1.82) is 0 Å². The van der Waals surface area contributed by atoms with Crippen LogP contribution in [0.2, 0.25) is 0 Å². The lowest BCUT2D eigenvalue weighted by Crippen LogP contribution is -2.01. The second-order valence-electron chi connectivity index (χ2n) is 3.69. The Balaban J connectivity index is 2.02. The summed E-state index contributed by atoms with van der Waals surface area (Å²) >= 11 is 3.35.